The third-order valence-electron chi connectivity index (χ3n) is 4.38. The summed E-state index contributed by atoms with van der Waals surface area (Å²) in [5.74, 6) is 0.113. The summed E-state index contributed by atoms with van der Waals surface area (Å²) in [5, 5.41) is 3.37. The molecule has 2 aromatic carbocycles. The molecule has 0 fully saturated rings. The number of furan rings is 2. The minimum atomic E-state index is -0.731. The summed E-state index contributed by atoms with van der Waals surface area (Å²) in [6.07, 6.45) is 1.52. The number of carbonyl (C=O) groups is 2. The van der Waals surface area contributed by atoms with Crippen molar-refractivity contribution in [2.24, 2.45) is 0 Å². The Balaban J connectivity index is 1.44. The maximum atomic E-state index is 12.6. The van der Waals surface area contributed by atoms with Gasteiger partial charge >= 0.3 is 5.97 Å². The summed E-state index contributed by atoms with van der Waals surface area (Å²) in [6.45, 7) is -0.101. The molecule has 7 heteroatoms. The summed E-state index contributed by atoms with van der Waals surface area (Å²) in [5.41, 5.74) is 1.11. The summed E-state index contributed by atoms with van der Waals surface area (Å²) in [4.78, 5) is 24.6. The van der Waals surface area contributed by atoms with Crippen LogP contribution in [-0.2, 0) is 22.7 Å². The van der Waals surface area contributed by atoms with Crippen molar-refractivity contribution in [2.75, 3.05) is 6.61 Å². The molecule has 1 amide bonds. The van der Waals surface area contributed by atoms with Crippen LogP contribution in [0.1, 0.15) is 21.9 Å². The van der Waals surface area contributed by atoms with Crippen molar-refractivity contribution < 1.29 is 27.9 Å². The molecule has 0 radical (unpaired) electrons. The number of hydrogen-bond donors (Lipinski definition) is 1. The SMILES string of the molecule is O=C(COC(=O)c1oc2ccccc2c1COc1ccccc1)NCc1ccco1. The minimum absolute atomic E-state index is 0.0194. The zero-order valence-corrected chi connectivity index (χ0v) is 16.0. The summed E-state index contributed by atoms with van der Waals surface area (Å²) in [7, 11) is 0. The van der Waals surface area contributed by atoms with Gasteiger partial charge in [0, 0.05) is 5.39 Å². The van der Waals surface area contributed by atoms with Crippen molar-refractivity contribution in [3.05, 3.63) is 90.1 Å². The maximum Gasteiger partial charge on any atom is 0.375 e. The molecule has 4 aromatic rings. The van der Waals surface area contributed by atoms with Gasteiger partial charge in [-0.3, -0.25) is 4.79 Å². The highest BCUT2D eigenvalue weighted by molar-refractivity contribution is 5.96. The lowest BCUT2D eigenvalue weighted by atomic mass is 10.1. The van der Waals surface area contributed by atoms with E-state index in [1.807, 2.05) is 48.5 Å². The number of carbonyl (C=O) groups excluding carboxylic acids is 2. The van der Waals surface area contributed by atoms with Gasteiger partial charge in [0.05, 0.1) is 18.4 Å². The third-order valence-corrected chi connectivity index (χ3v) is 4.38. The van der Waals surface area contributed by atoms with Gasteiger partial charge in [-0.05, 0) is 30.3 Å². The molecule has 0 spiro atoms. The molecule has 0 saturated carbocycles. The molecule has 0 aliphatic heterocycles. The van der Waals surface area contributed by atoms with Crippen molar-refractivity contribution in [1.82, 2.24) is 5.32 Å². The van der Waals surface area contributed by atoms with Gasteiger partial charge in [-0.2, -0.15) is 0 Å². The van der Waals surface area contributed by atoms with Crippen molar-refractivity contribution in [3.63, 3.8) is 0 Å². The van der Waals surface area contributed by atoms with Crippen LogP contribution in [0, 0.1) is 0 Å². The van der Waals surface area contributed by atoms with Crippen molar-refractivity contribution in [2.45, 2.75) is 13.2 Å². The molecule has 4 rings (SSSR count). The van der Waals surface area contributed by atoms with Crippen LogP contribution >= 0.6 is 0 Å². The Morgan fingerprint density at radius 1 is 0.933 bits per heavy atom. The second-order valence-corrected chi connectivity index (χ2v) is 6.44. The van der Waals surface area contributed by atoms with Crippen LogP contribution in [0.5, 0.6) is 5.75 Å². The molecule has 152 valence electrons. The molecule has 0 saturated heterocycles. The van der Waals surface area contributed by atoms with Crippen LogP contribution in [0.25, 0.3) is 11.0 Å². The van der Waals surface area contributed by atoms with E-state index in [2.05, 4.69) is 5.32 Å². The fourth-order valence-electron chi connectivity index (χ4n) is 2.93. The normalized spacial score (nSPS) is 10.7. The van der Waals surface area contributed by atoms with Crippen molar-refractivity contribution >= 4 is 22.8 Å². The molecule has 0 atom stereocenters. The molecular formula is C23H19NO6. The highest BCUT2D eigenvalue weighted by atomic mass is 16.5. The van der Waals surface area contributed by atoms with E-state index in [1.54, 1.807) is 18.2 Å². The molecule has 30 heavy (non-hydrogen) atoms. The van der Waals surface area contributed by atoms with Crippen molar-refractivity contribution in [3.8, 4) is 5.75 Å². The number of ether oxygens (including phenoxy) is 2. The Labute approximate surface area is 172 Å². The molecule has 2 heterocycles. The van der Waals surface area contributed by atoms with E-state index in [-0.39, 0.29) is 18.9 Å². The van der Waals surface area contributed by atoms with Crippen LogP contribution in [0.3, 0.4) is 0 Å². The Kier molecular flexibility index (Phi) is 5.80. The molecule has 0 bridgehead atoms. The Morgan fingerprint density at radius 2 is 1.73 bits per heavy atom. The molecule has 0 aliphatic carbocycles. The molecule has 2 aromatic heterocycles. The van der Waals surface area contributed by atoms with E-state index in [4.69, 9.17) is 18.3 Å². The van der Waals surface area contributed by atoms with E-state index in [0.717, 1.165) is 5.39 Å². The van der Waals surface area contributed by atoms with Crippen LogP contribution in [0.15, 0.2) is 81.8 Å². The number of benzene rings is 2. The summed E-state index contributed by atoms with van der Waals surface area (Å²) < 4.78 is 21.8. The quantitative estimate of drug-likeness (QED) is 0.444. The van der Waals surface area contributed by atoms with Gasteiger partial charge < -0.3 is 23.6 Å². The first-order valence-electron chi connectivity index (χ1n) is 9.35. The van der Waals surface area contributed by atoms with E-state index in [9.17, 15) is 9.59 Å². The second-order valence-electron chi connectivity index (χ2n) is 6.44. The number of esters is 1. The second kappa shape index (κ2) is 9.00. The molecule has 7 nitrogen and oxygen atoms in total. The van der Waals surface area contributed by atoms with Crippen molar-refractivity contribution in [1.29, 1.82) is 0 Å². The molecule has 0 unspecified atom stereocenters. The Hall–Kier alpha value is -4.00. The fraction of sp³-hybridized carbons (Fsp3) is 0.130. The zero-order chi connectivity index (χ0) is 20.8. The number of hydrogen-bond acceptors (Lipinski definition) is 6. The number of fused-ring (bicyclic) bond motifs is 1. The highest BCUT2D eigenvalue weighted by Crippen LogP contribution is 2.28. The van der Waals surface area contributed by atoms with Crippen LogP contribution in [0.4, 0.5) is 0 Å². The predicted molar refractivity (Wildman–Crippen MR) is 108 cm³/mol. The fourth-order valence-corrected chi connectivity index (χ4v) is 2.93. The summed E-state index contributed by atoms with van der Waals surface area (Å²) in [6, 6.07) is 20.0. The van der Waals surface area contributed by atoms with Crippen LogP contribution in [0.2, 0.25) is 0 Å². The first-order chi connectivity index (χ1) is 14.7. The first-order valence-corrected chi connectivity index (χ1v) is 9.35. The average molecular weight is 405 g/mol. The number of nitrogens with one attached hydrogen (secondary N) is 1. The summed E-state index contributed by atoms with van der Waals surface area (Å²) >= 11 is 0. The smallest absolute Gasteiger partial charge is 0.375 e. The molecule has 1 N–H and O–H groups in total. The van der Waals surface area contributed by atoms with Gasteiger partial charge in [-0.1, -0.05) is 36.4 Å². The Bertz CT molecular complexity index is 1130. The standard InChI is InChI=1S/C23H19NO6/c25-21(24-13-17-9-6-12-27-17)15-29-23(26)22-19(14-28-16-7-2-1-3-8-16)18-10-4-5-11-20(18)30-22/h1-12H,13-15H2,(H,24,25). The van der Waals surface area contributed by atoms with Gasteiger partial charge in [0.15, 0.2) is 6.61 Å². The lowest BCUT2D eigenvalue weighted by Crippen LogP contribution is -2.28. The molecule has 0 aliphatic rings. The lowest BCUT2D eigenvalue weighted by molar-refractivity contribution is -0.124. The number of amides is 1. The van der Waals surface area contributed by atoms with Crippen LogP contribution < -0.4 is 10.1 Å². The van der Waals surface area contributed by atoms with E-state index in [0.29, 0.717) is 22.7 Å². The van der Waals surface area contributed by atoms with Gasteiger partial charge in [0.2, 0.25) is 5.76 Å². The highest BCUT2D eigenvalue weighted by Gasteiger charge is 2.23. The Morgan fingerprint density at radius 3 is 2.53 bits per heavy atom. The third kappa shape index (κ3) is 4.52. The van der Waals surface area contributed by atoms with Gasteiger partial charge in [0.25, 0.3) is 5.91 Å². The largest absolute Gasteiger partial charge is 0.489 e. The number of rotatable bonds is 8. The van der Waals surface area contributed by atoms with Crippen LogP contribution in [-0.4, -0.2) is 18.5 Å². The predicted octanol–water partition coefficient (Wildman–Crippen LogP) is 4.08. The van der Waals surface area contributed by atoms with E-state index < -0.39 is 18.5 Å². The minimum Gasteiger partial charge on any atom is -0.489 e. The maximum absolute atomic E-state index is 12.6. The van der Waals surface area contributed by atoms with Gasteiger partial charge in [-0.15, -0.1) is 0 Å². The van der Waals surface area contributed by atoms with E-state index in [1.165, 1.54) is 6.26 Å². The van der Waals surface area contributed by atoms with Gasteiger partial charge in [-0.25, -0.2) is 4.79 Å². The van der Waals surface area contributed by atoms with Gasteiger partial charge in [0.1, 0.15) is 23.7 Å². The lowest BCUT2D eigenvalue weighted by Gasteiger charge is -2.07. The number of para-hydroxylation sites is 2. The first kappa shape index (κ1) is 19.3. The average Bonchev–Trinajstić information content (AvgIpc) is 3.43. The van der Waals surface area contributed by atoms with E-state index >= 15 is 0 Å². The zero-order valence-electron chi connectivity index (χ0n) is 16.0. The molecular weight excluding hydrogens is 386 g/mol. The monoisotopic (exact) mass is 405 g/mol. The topological polar surface area (TPSA) is 90.9 Å².